The van der Waals surface area contributed by atoms with E-state index >= 15 is 0 Å². The number of nitrogen functional groups attached to an aromatic ring is 1. The number of carbonyl (C=O) groups is 2. The van der Waals surface area contributed by atoms with Crippen molar-refractivity contribution in [2.45, 2.75) is 12.7 Å². The van der Waals surface area contributed by atoms with Crippen LogP contribution in [0.3, 0.4) is 0 Å². The lowest BCUT2D eigenvalue weighted by Crippen LogP contribution is -2.44. The molecule has 0 saturated carbocycles. The van der Waals surface area contributed by atoms with Gasteiger partial charge in [-0.15, -0.1) is 0 Å². The number of hydrogen-bond donors (Lipinski definition) is 2. The molecule has 0 spiro atoms. The van der Waals surface area contributed by atoms with E-state index in [4.69, 9.17) is 11.5 Å². The third-order valence-corrected chi connectivity index (χ3v) is 2.29. The molecule has 0 aliphatic carbocycles. The molecule has 2 amide bonds. The molecule has 0 bridgehead atoms. The SMILES string of the molecule is NC(=O)CN(Cc1ccccc1N)C(=O)C(F)(F)F. The largest absolute Gasteiger partial charge is 0.471 e. The molecule has 4 N–H and O–H groups in total. The summed E-state index contributed by atoms with van der Waals surface area (Å²) in [6.45, 7) is -1.26. The Bertz CT molecular complexity index is 488. The van der Waals surface area contributed by atoms with Crippen LogP contribution in [0.15, 0.2) is 24.3 Å². The van der Waals surface area contributed by atoms with Gasteiger partial charge in [0.1, 0.15) is 0 Å². The molecule has 8 heteroatoms. The van der Waals surface area contributed by atoms with Crippen LogP contribution in [-0.4, -0.2) is 29.4 Å². The van der Waals surface area contributed by atoms with E-state index in [0.29, 0.717) is 10.5 Å². The van der Waals surface area contributed by atoms with Gasteiger partial charge >= 0.3 is 12.1 Å². The molecule has 1 aromatic rings. The predicted molar refractivity (Wildman–Crippen MR) is 61.5 cm³/mol. The van der Waals surface area contributed by atoms with Crippen molar-refractivity contribution in [3.63, 3.8) is 0 Å². The number of para-hydroxylation sites is 1. The minimum absolute atomic E-state index is 0.229. The summed E-state index contributed by atoms with van der Waals surface area (Å²) < 4.78 is 37.1. The Morgan fingerprint density at radius 1 is 1.21 bits per heavy atom. The standard InChI is InChI=1S/C11H12F3N3O2/c12-11(13,14)10(19)17(6-9(16)18)5-7-3-1-2-4-8(7)15/h1-4H,5-6,15H2,(H2,16,18). The Morgan fingerprint density at radius 3 is 2.26 bits per heavy atom. The van der Waals surface area contributed by atoms with Crippen LogP contribution in [-0.2, 0) is 16.1 Å². The van der Waals surface area contributed by atoms with E-state index in [1.807, 2.05) is 0 Å². The number of alkyl halides is 3. The molecular weight excluding hydrogens is 263 g/mol. The Balaban J connectivity index is 2.96. The van der Waals surface area contributed by atoms with Gasteiger partial charge in [-0.05, 0) is 11.6 Å². The van der Waals surface area contributed by atoms with Gasteiger partial charge in [0.05, 0.1) is 6.54 Å². The van der Waals surface area contributed by atoms with Crippen LogP contribution in [0.25, 0.3) is 0 Å². The van der Waals surface area contributed by atoms with Gasteiger partial charge in [0.2, 0.25) is 5.91 Å². The second-order valence-corrected chi connectivity index (χ2v) is 3.82. The van der Waals surface area contributed by atoms with E-state index in [9.17, 15) is 22.8 Å². The first kappa shape index (κ1) is 14.8. The summed E-state index contributed by atoms with van der Waals surface area (Å²) in [5.41, 5.74) is 10.9. The zero-order valence-electron chi connectivity index (χ0n) is 9.78. The average molecular weight is 275 g/mol. The number of halogens is 3. The number of rotatable bonds is 4. The number of anilines is 1. The van der Waals surface area contributed by atoms with Crippen LogP contribution in [0.1, 0.15) is 5.56 Å². The van der Waals surface area contributed by atoms with Crippen molar-refractivity contribution in [1.29, 1.82) is 0 Å². The smallest absolute Gasteiger partial charge is 0.398 e. The number of benzene rings is 1. The van der Waals surface area contributed by atoms with Gasteiger partial charge in [-0.2, -0.15) is 13.2 Å². The van der Waals surface area contributed by atoms with Crippen molar-refractivity contribution in [2.24, 2.45) is 5.73 Å². The topological polar surface area (TPSA) is 89.4 Å². The van der Waals surface area contributed by atoms with Crippen LogP contribution in [0.5, 0.6) is 0 Å². The van der Waals surface area contributed by atoms with Crippen LogP contribution in [0.2, 0.25) is 0 Å². The maximum absolute atomic E-state index is 12.4. The Labute approximate surface area is 107 Å². The maximum atomic E-state index is 12.4. The molecule has 0 aliphatic rings. The maximum Gasteiger partial charge on any atom is 0.471 e. The lowest BCUT2D eigenvalue weighted by Gasteiger charge is -2.23. The second-order valence-electron chi connectivity index (χ2n) is 3.82. The van der Waals surface area contributed by atoms with Crippen molar-refractivity contribution in [1.82, 2.24) is 4.90 Å². The predicted octanol–water partition coefficient (Wildman–Crippen LogP) is 0.645. The van der Waals surface area contributed by atoms with E-state index < -0.39 is 31.1 Å². The second kappa shape index (κ2) is 5.59. The molecule has 1 aromatic carbocycles. The van der Waals surface area contributed by atoms with E-state index in [1.165, 1.54) is 12.1 Å². The van der Waals surface area contributed by atoms with Crippen LogP contribution < -0.4 is 11.5 Å². The van der Waals surface area contributed by atoms with Crippen molar-refractivity contribution in [3.05, 3.63) is 29.8 Å². The fourth-order valence-electron chi connectivity index (χ4n) is 1.45. The molecule has 0 radical (unpaired) electrons. The number of nitrogens with two attached hydrogens (primary N) is 2. The highest BCUT2D eigenvalue weighted by Gasteiger charge is 2.42. The Kier molecular flexibility index (Phi) is 4.36. The molecule has 0 aliphatic heterocycles. The number of nitrogens with zero attached hydrogens (tertiary/aromatic N) is 1. The molecule has 19 heavy (non-hydrogen) atoms. The molecule has 0 aromatic heterocycles. The zero-order valence-corrected chi connectivity index (χ0v) is 9.78. The van der Waals surface area contributed by atoms with E-state index in [1.54, 1.807) is 12.1 Å². The molecule has 0 atom stereocenters. The molecular formula is C11H12F3N3O2. The molecule has 1 rings (SSSR count). The van der Waals surface area contributed by atoms with Gasteiger partial charge in [0.15, 0.2) is 0 Å². The Hall–Kier alpha value is -2.25. The minimum Gasteiger partial charge on any atom is -0.398 e. The molecule has 5 nitrogen and oxygen atoms in total. The van der Waals surface area contributed by atoms with Crippen molar-refractivity contribution < 1.29 is 22.8 Å². The third kappa shape index (κ3) is 4.16. The normalized spacial score (nSPS) is 11.1. The summed E-state index contributed by atoms with van der Waals surface area (Å²) in [5.74, 6) is -3.17. The highest BCUT2D eigenvalue weighted by Crippen LogP contribution is 2.21. The summed E-state index contributed by atoms with van der Waals surface area (Å²) in [7, 11) is 0. The van der Waals surface area contributed by atoms with Crippen molar-refractivity contribution in [3.8, 4) is 0 Å². The van der Waals surface area contributed by atoms with Gasteiger partial charge in [0, 0.05) is 12.2 Å². The molecule has 0 heterocycles. The van der Waals surface area contributed by atoms with Crippen LogP contribution in [0, 0.1) is 0 Å². The summed E-state index contributed by atoms with van der Waals surface area (Å²) in [6, 6.07) is 6.11. The summed E-state index contributed by atoms with van der Waals surface area (Å²) in [4.78, 5) is 22.2. The average Bonchev–Trinajstić information content (AvgIpc) is 2.28. The zero-order chi connectivity index (χ0) is 14.6. The van der Waals surface area contributed by atoms with Crippen LogP contribution >= 0.6 is 0 Å². The summed E-state index contributed by atoms with van der Waals surface area (Å²) in [6.07, 6.45) is -5.07. The molecule has 0 unspecified atom stereocenters. The fourth-order valence-corrected chi connectivity index (χ4v) is 1.45. The monoisotopic (exact) mass is 275 g/mol. The van der Waals surface area contributed by atoms with Gasteiger partial charge in [-0.1, -0.05) is 18.2 Å². The summed E-state index contributed by atoms with van der Waals surface area (Å²) >= 11 is 0. The van der Waals surface area contributed by atoms with Gasteiger partial charge < -0.3 is 16.4 Å². The van der Waals surface area contributed by atoms with Crippen molar-refractivity contribution in [2.75, 3.05) is 12.3 Å². The summed E-state index contributed by atoms with van der Waals surface area (Å²) in [5, 5.41) is 0. The lowest BCUT2D eigenvalue weighted by atomic mass is 10.1. The van der Waals surface area contributed by atoms with Gasteiger partial charge in [-0.25, -0.2) is 0 Å². The minimum atomic E-state index is -5.07. The van der Waals surface area contributed by atoms with E-state index in [-0.39, 0.29) is 5.69 Å². The number of carbonyl (C=O) groups excluding carboxylic acids is 2. The first-order chi connectivity index (χ1) is 8.71. The fraction of sp³-hybridized carbons (Fsp3) is 0.273. The first-order valence-corrected chi connectivity index (χ1v) is 5.19. The lowest BCUT2D eigenvalue weighted by molar-refractivity contribution is -0.186. The molecule has 0 fully saturated rings. The van der Waals surface area contributed by atoms with Gasteiger partial charge in [0.25, 0.3) is 0 Å². The first-order valence-electron chi connectivity index (χ1n) is 5.19. The highest BCUT2D eigenvalue weighted by molar-refractivity contribution is 5.87. The highest BCUT2D eigenvalue weighted by atomic mass is 19.4. The Morgan fingerprint density at radius 2 is 1.79 bits per heavy atom. The number of primary amides is 1. The van der Waals surface area contributed by atoms with Gasteiger partial charge in [-0.3, -0.25) is 9.59 Å². The molecule has 0 saturated heterocycles. The van der Waals surface area contributed by atoms with E-state index in [2.05, 4.69) is 0 Å². The molecule has 104 valence electrons. The third-order valence-electron chi connectivity index (χ3n) is 2.29. The van der Waals surface area contributed by atoms with Crippen molar-refractivity contribution >= 4 is 17.5 Å². The van der Waals surface area contributed by atoms with E-state index in [0.717, 1.165) is 0 Å². The van der Waals surface area contributed by atoms with Crippen LogP contribution in [0.4, 0.5) is 18.9 Å². The quantitative estimate of drug-likeness (QED) is 0.790. The number of amides is 2. The number of hydrogen-bond acceptors (Lipinski definition) is 3.